The summed E-state index contributed by atoms with van der Waals surface area (Å²) in [7, 11) is 1.09. The summed E-state index contributed by atoms with van der Waals surface area (Å²) in [5.74, 6) is 0.929. The zero-order chi connectivity index (χ0) is 21.4. The molecule has 29 heavy (non-hydrogen) atoms. The van der Waals surface area contributed by atoms with Gasteiger partial charge >= 0.3 is 0 Å². The lowest BCUT2D eigenvalue weighted by molar-refractivity contribution is -0.127. The molecule has 1 amide bonds. The first-order valence-corrected chi connectivity index (χ1v) is 11.3. The Kier molecular flexibility index (Phi) is 6.12. The van der Waals surface area contributed by atoms with Gasteiger partial charge in [-0.2, -0.15) is 17.0 Å². The number of nitrogens with one attached hydrogen (secondary N) is 1. The van der Waals surface area contributed by atoms with Crippen molar-refractivity contribution in [2.75, 3.05) is 34.3 Å². The molecule has 0 unspecified atom stereocenters. The molecule has 162 valence electrons. The Bertz CT molecular complexity index is 869. The molecule has 1 fully saturated rings. The first-order chi connectivity index (χ1) is 13.5. The first-order valence-electron chi connectivity index (χ1n) is 9.88. The maximum atomic E-state index is 13.1. The molecule has 1 aromatic rings. The second-order valence-corrected chi connectivity index (χ2v) is 10.7. The number of piperidine rings is 1. The normalized spacial score (nSPS) is 24.5. The van der Waals surface area contributed by atoms with Gasteiger partial charge in [-0.1, -0.05) is 0 Å². The summed E-state index contributed by atoms with van der Waals surface area (Å²) in [4.78, 5) is 13.1. The number of hydrogen-bond donors (Lipinski definition) is 1. The number of amides is 1. The monoisotopic (exact) mass is 425 g/mol. The van der Waals surface area contributed by atoms with Crippen LogP contribution in [0.3, 0.4) is 0 Å². The van der Waals surface area contributed by atoms with E-state index in [9.17, 15) is 13.2 Å². The van der Waals surface area contributed by atoms with Gasteiger partial charge in [-0.15, -0.1) is 0 Å². The van der Waals surface area contributed by atoms with Gasteiger partial charge in [0.2, 0.25) is 5.91 Å². The molecule has 0 aromatic heterocycles. The molecule has 0 bridgehead atoms. The van der Waals surface area contributed by atoms with Crippen molar-refractivity contribution in [3.63, 3.8) is 0 Å². The molecule has 2 heterocycles. The number of benzene rings is 1. The smallest absolute Gasteiger partial charge is 0.281 e. The highest BCUT2D eigenvalue weighted by atomic mass is 32.2. The van der Waals surface area contributed by atoms with Crippen LogP contribution >= 0.6 is 0 Å². The van der Waals surface area contributed by atoms with Crippen molar-refractivity contribution >= 4 is 16.1 Å². The Morgan fingerprint density at radius 3 is 2.72 bits per heavy atom. The van der Waals surface area contributed by atoms with Crippen LogP contribution in [0.1, 0.15) is 44.7 Å². The van der Waals surface area contributed by atoms with Gasteiger partial charge in [0.1, 0.15) is 17.1 Å². The van der Waals surface area contributed by atoms with Crippen LogP contribution in [0.2, 0.25) is 0 Å². The fourth-order valence-corrected chi connectivity index (χ4v) is 5.16. The van der Waals surface area contributed by atoms with E-state index >= 15 is 0 Å². The van der Waals surface area contributed by atoms with Crippen LogP contribution < -0.4 is 14.8 Å². The van der Waals surface area contributed by atoms with Crippen molar-refractivity contribution in [3.8, 4) is 11.5 Å². The molecule has 0 aliphatic carbocycles. The second-order valence-electron chi connectivity index (χ2n) is 8.52. The second kappa shape index (κ2) is 8.12. The molecular formula is C20H31N3O5S. The van der Waals surface area contributed by atoms with Gasteiger partial charge in [0.15, 0.2) is 0 Å². The summed E-state index contributed by atoms with van der Waals surface area (Å²) in [6.45, 7) is 4.62. The third-order valence-corrected chi connectivity index (χ3v) is 7.44. The van der Waals surface area contributed by atoms with E-state index in [4.69, 9.17) is 9.47 Å². The number of carbonyl (C=O) groups is 1. The summed E-state index contributed by atoms with van der Waals surface area (Å²) in [5, 5.41) is 3.14. The minimum atomic E-state index is -3.53. The maximum Gasteiger partial charge on any atom is 0.281 e. The van der Waals surface area contributed by atoms with Gasteiger partial charge in [-0.25, -0.2) is 0 Å². The first kappa shape index (κ1) is 21.9. The van der Waals surface area contributed by atoms with Crippen molar-refractivity contribution in [2.45, 2.75) is 44.8 Å². The topological polar surface area (TPSA) is 88.2 Å². The molecule has 1 N–H and O–H groups in total. The molecule has 2 aliphatic heterocycles. The van der Waals surface area contributed by atoms with Crippen LogP contribution in [0.25, 0.3) is 0 Å². The Labute approximate surface area is 173 Å². The summed E-state index contributed by atoms with van der Waals surface area (Å²) >= 11 is 0. The van der Waals surface area contributed by atoms with Gasteiger partial charge in [-0.3, -0.25) is 4.79 Å². The van der Waals surface area contributed by atoms with Crippen molar-refractivity contribution in [2.24, 2.45) is 5.92 Å². The number of fused-ring (bicyclic) bond motifs is 1. The third kappa shape index (κ3) is 4.67. The minimum Gasteiger partial charge on any atom is -0.497 e. The quantitative estimate of drug-likeness (QED) is 0.779. The Morgan fingerprint density at radius 2 is 2.07 bits per heavy atom. The lowest BCUT2D eigenvalue weighted by Crippen LogP contribution is -2.50. The fraction of sp³-hybridized carbons (Fsp3) is 0.650. The van der Waals surface area contributed by atoms with Gasteiger partial charge < -0.3 is 14.8 Å². The molecule has 3 rings (SSSR count). The van der Waals surface area contributed by atoms with E-state index < -0.39 is 15.8 Å². The summed E-state index contributed by atoms with van der Waals surface area (Å²) in [6, 6.07) is 5.36. The van der Waals surface area contributed by atoms with Crippen LogP contribution in [0.15, 0.2) is 18.2 Å². The zero-order valence-electron chi connectivity index (χ0n) is 17.8. The maximum absolute atomic E-state index is 13.1. The number of hydrogen-bond acceptors (Lipinski definition) is 5. The van der Waals surface area contributed by atoms with Crippen molar-refractivity contribution in [3.05, 3.63) is 23.8 Å². The highest BCUT2D eigenvalue weighted by Crippen LogP contribution is 2.41. The van der Waals surface area contributed by atoms with E-state index in [1.54, 1.807) is 7.11 Å². The van der Waals surface area contributed by atoms with E-state index in [0.29, 0.717) is 31.6 Å². The van der Waals surface area contributed by atoms with E-state index in [0.717, 1.165) is 11.3 Å². The Hall–Kier alpha value is -1.84. The number of rotatable bonds is 5. The molecule has 8 nitrogen and oxygen atoms in total. The predicted octanol–water partition coefficient (Wildman–Crippen LogP) is 1.93. The molecule has 9 heteroatoms. The van der Waals surface area contributed by atoms with Crippen molar-refractivity contribution in [1.82, 2.24) is 13.9 Å². The van der Waals surface area contributed by atoms with Crippen LogP contribution in [0.5, 0.6) is 11.5 Å². The van der Waals surface area contributed by atoms with Gasteiger partial charge in [-0.05, 0) is 44.9 Å². The molecule has 1 aromatic carbocycles. The standard InChI is InChI=1S/C20H31N3O5S/c1-20(2)12-17(16-11-15(27-5)8-9-18(16)28-20)21-19(24)14-7-6-10-23(13-14)29(25,26)22(3)4/h8-9,11,14,17H,6-7,10,12-13H2,1-5H3,(H,21,24)/t14-,17-/m0/s1. The predicted molar refractivity (Wildman–Crippen MR) is 110 cm³/mol. The molecular weight excluding hydrogens is 394 g/mol. The number of ether oxygens (including phenoxy) is 2. The molecule has 0 spiro atoms. The highest BCUT2D eigenvalue weighted by molar-refractivity contribution is 7.86. The van der Waals surface area contributed by atoms with E-state index in [2.05, 4.69) is 5.32 Å². The van der Waals surface area contributed by atoms with Crippen molar-refractivity contribution < 1.29 is 22.7 Å². The Morgan fingerprint density at radius 1 is 1.34 bits per heavy atom. The zero-order valence-corrected chi connectivity index (χ0v) is 18.6. The van der Waals surface area contributed by atoms with Crippen LogP contribution in [-0.2, 0) is 15.0 Å². The van der Waals surface area contributed by atoms with E-state index in [1.807, 2.05) is 32.0 Å². The van der Waals surface area contributed by atoms with Gasteiger partial charge in [0.05, 0.1) is 19.1 Å². The lowest BCUT2D eigenvalue weighted by atomic mass is 9.88. The molecule has 2 aliphatic rings. The summed E-state index contributed by atoms with van der Waals surface area (Å²) in [5.41, 5.74) is 0.456. The lowest BCUT2D eigenvalue weighted by Gasteiger charge is -2.39. The van der Waals surface area contributed by atoms with Crippen LogP contribution in [0, 0.1) is 5.92 Å². The fourth-order valence-electron chi connectivity index (χ4n) is 3.97. The SMILES string of the molecule is COc1ccc2c(c1)[C@@H](NC(=O)[C@H]1CCCN(S(=O)(=O)N(C)C)C1)CC(C)(C)O2. The molecule has 0 radical (unpaired) electrons. The molecule has 0 saturated carbocycles. The van der Waals surface area contributed by atoms with Crippen molar-refractivity contribution in [1.29, 1.82) is 0 Å². The van der Waals surface area contributed by atoms with Crippen LogP contribution in [0.4, 0.5) is 0 Å². The third-order valence-electron chi connectivity index (χ3n) is 5.53. The number of methoxy groups -OCH3 is 1. The van der Waals surface area contributed by atoms with E-state index in [-0.39, 0.29) is 24.4 Å². The summed E-state index contributed by atoms with van der Waals surface area (Å²) < 4.78 is 38.9. The van der Waals surface area contributed by atoms with Gasteiger partial charge in [0.25, 0.3) is 10.2 Å². The molecule has 1 saturated heterocycles. The number of carbonyl (C=O) groups excluding carboxylic acids is 1. The largest absolute Gasteiger partial charge is 0.497 e. The molecule has 2 atom stereocenters. The highest BCUT2D eigenvalue weighted by Gasteiger charge is 2.38. The van der Waals surface area contributed by atoms with Crippen LogP contribution in [-0.4, -0.2) is 62.8 Å². The number of nitrogens with zero attached hydrogens (tertiary/aromatic N) is 2. The summed E-state index contributed by atoms with van der Waals surface area (Å²) in [6.07, 6.45) is 1.95. The van der Waals surface area contributed by atoms with Gasteiger partial charge in [0, 0.05) is 39.2 Å². The Balaban J connectivity index is 1.78. The minimum absolute atomic E-state index is 0.125. The average Bonchev–Trinajstić information content (AvgIpc) is 2.66. The average molecular weight is 426 g/mol. The van der Waals surface area contributed by atoms with E-state index in [1.165, 1.54) is 22.7 Å².